The molecule has 1 aromatic heterocycles. The third kappa shape index (κ3) is 2.10. The van der Waals surface area contributed by atoms with Crippen molar-refractivity contribution in [2.45, 2.75) is 31.6 Å². The quantitative estimate of drug-likeness (QED) is 0.826. The molecular formula is C12H13NO3. The van der Waals surface area contributed by atoms with Gasteiger partial charge in [0, 0.05) is 12.6 Å². The summed E-state index contributed by atoms with van der Waals surface area (Å²) >= 11 is 0. The van der Waals surface area contributed by atoms with Gasteiger partial charge in [0.1, 0.15) is 5.78 Å². The van der Waals surface area contributed by atoms with Crippen molar-refractivity contribution in [1.82, 2.24) is 4.98 Å². The zero-order valence-electron chi connectivity index (χ0n) is 8.85. The Morgan fingerprint density at radius 2 is 2.19 bits per heavy atom. The molecule has 0 spiro atoms. The van der Waals surface area contributed by atoms with Crippen LogP contribution < -0.4 is 0 Å². The second-order valence-corrected chi connectivity index (χ2v) is 4.04. The van der Waals surface area contributed by atoms with Gasteiger partial charge in [0.15, 0.2) is 0 Å². The van der Waals surface area contributed by atoms with E-state index in [2.05, 4.69) is 4.98 Å². The average molecular weight is 219 g/mol. The van der Waals surface area contributed by atoms with E-state index in [0.717, 1.165) is 19.3 Å². The molecule has 0 unspecified atom stereocenters. The Morgan fingerprint density at radius 3 is 2.75 bits per heavy atom. The Balaban J connectivity index is 2.20. The fourth-order valence-electron chi connectivity index (χ4n) is 2.03. The molecule has 1 heterocycles. The Bertz CT molecular complexity index is 411. The monoisotopic (exact) mass is 219 g/mol. The van der Waals surface area contributed by atoms with Gasteiger partial charge in [0.2, 0.25) is 0 Å². The maximum absolute atomic E-state index is 11.7. The minimum Gasteiger partial charge on any atom is -0.478 e. The Hall–Kier alpha value is -1.71. The lowest BCUT2D eigenvalue weighted by Crippen LogP contribution is -2.18. The Labute approximate surface area is 93.3 Å². The van der Waals surface area contributed by atoms with E-state index in [-0.39, 0.29) is 17.3 Å². The molecule has 1 N–H and O–H groups in total. The van der Waals surface area contributed by atoms with Gasteiger partial charge in [-0.25, -0.2) is 4.79 Å². The summed E-state index contributed by atoms with van der Waals surface area (Å²) in [5.74, 6) is -0.896. The van der Waals surface area contributed by atoms with Gasteiger partial charge < -0.3 is 5.11 Å². The van der Waals surface area contributed by atoms with Crippen LogP contribution in [0, 0.1) is 0 Å². The van der Waals surface area contributed by atoms with Crippen molar-refractivity contribution in [2.75, 3.05) is 0 Å². The van der Waals surface area contributed by atoms with E-state index in [0.29, 0.717) is 12.1 Å². The number of hydrogen-bond acceptors (Lipinski definition) is 3. The first kappa shape index (κ1) is 10.8. The van der Waals surface area contributed by atoms with Gasteiger partial charge in [0.05, 0.1) is 17.2 Å². The first-order chi connectivity index (χ1) is 7.68. The van der Waals surface area contributed by atoms with E-state index in [1.807, 2.05) is 0 Å². The molecule has 0 saturated heterocycles. The molecule has 1 fully saturated rings. The number of carboxylic acids is 1. The van der Waals surface area contributed by atoms with Crippen molar-refractivity contribution in [3.8, 4) is 0 Å². The lowest BCUT2D eigenvalue weighted by Gasteiger charge is -2.19. The number of aromatic carboxylic acids is 1. The SMILES string of the molecule is O=C(O)c1ccc([C@H]2CCCCC2=O)nc1. The summed E-state index contributed by atoms with van der Waals surface area (Å²) in [4.78, 5) is 26.4. The fourth-order valence-corrected chi connectivity index (χ4v) is 2.03. The van der Waals surface area contributed by atoms with E-state index in [4.69, 9.17) is 5.11 Å². The van der Waals surface area contributed by atoms with Gasteiger partial charge in [-0.05, 0) is 25.0 Å². The van der Waals surface area contributed by atoms with E-state index in [1.165, 1.54) is 12.3 Å². The molecule has 1 aromatic rings. The largest absolute Gasteiger partial charge is 0.478 e. The van der Waals surface area contributed by atoms with E-state index in [9.17, 15) is 9.59 Å². The van der Waals surface area contributed by atoms with Crippen LogP contribution in [0.3, 0.4) is 0 Å². The topological polar surface area (TPSA) is 67.3 Å². The highest BCUT2D eigenvalue weighted by Crippen LogP contribution is 2.28. The van der Waals surface area contributed by atoms with Crippen LogP contribution >= 0.6 is 0 Å². The smallest absolute Gasteiger partial charge is 0.337 e. The molecule has 0 aliphatic heterocycles. The Morgan fingerprint density at radius 1 is 1.38 bits per heavy atom. The van der Waals surface area contributed by atoms with E-state index in [1.54, 1.807) is 6.07 Å². The fraction of sp³-hybridized carbons (Fsp3) is 0.417. The van der Waals surface area contributed by atoms with Crippen LogP contribution in [0.1, 0.15) is 47.7 Å². The Kier molecular flexibility index (Phi) is 2.99. The summed E-state index contributed by atoms with van der Waals surface area (Å²) in [5, 5.41) is 8.73. The lowest BCUT2D eigenvalue weighted by molar-refractivity contribution is -0.121. The molecule has 4 heteroatoms. The second kappa shape index (κ2) is 4.43. The number of aromatic nitrogens is 1. The van der Waals surface area contributed by atoms with Crippen LogP contribution in [0.25, 0.3) is 0 Å². The van der Waals surface area contributed by atoms with Crippen LogP contribution in [0.2, 0.25) is 0 Å². The number of Topliss-reactive ketones (excluding diaryl/α,β-unsaturated/α-hetero) is 1. The molecule has 4 nitrogen and oxygen atoms in total. The molecular weight excluding hydrogens is 206 g/mol. The number of carbonyl (C=O) groups is 2. The predicted molar refractivity (Wildman–Crippen MR) is 57.4 cm³/mol. The summed E-state index contributed by atoms with van der Waals surface area (Å²) in [7, 11) is 0. The summed E-state index contributed by atoms with van der Waals surface area (Å²) < 4.78 is 0. The number of pyridine rings is 1. The molecule has 2 rings (SSSR count). The molecule has 0 aromatic carbocycles. The van der Waals surface area contributed by atoms with Crippen LogP contribution in [0.5, 0.6) is 0 Å². The van der Waals surface area contributed by atoms with Crippen molar-refractivity contribution < 1.29 is 14.7 Å². The highest BCUT2D eigenvalue weighted by molar-refractivity contribution is 5.88. The summed E-state index contributed by atoms with van der Waals surface area (Å²) in [6, 6.07) is 3.16. The maximum atomic E-state index is 11.7. The molecule has 1 aliphatic rings. The average Bonchev–Trinajstić information content (AvgIpc) is 2.30. The number of ketones is 1. The molecule has 0 radical (unpaired) electrons. The summed E-state index contributed by atoms with van der Waals surface area (Å²) in [5.41, 5.74) is 0.863. The highest BCUT2D eigenvalue weighted by Gasteiger charge is 2.24. The van der Waals surface area contributed by atoms with Gasteiger partial charge in [-0.3, -0.25) is 9.78 Å². The lowest BCUT2D eigenvalue weighted by atomic mass is 9.85. The molecule has 16 heavy (non-hydrogen) atoms. The third-order valence-corrected chi connectivity index (χ3v) is 2.94. The van der Waals surface area contributed by atoms with Gasteiger partial charge in [-0.1, -0.05) is 6.42 Å². The molecule has 0 amide bonds. The minimum absolute atomic E-state index is 0.128. The van der Waals surface area contributed by atoms with Crippen molar-refractivity contribution in [3.63, 3.8) is 0 Å². The number of carboxylic acid groups (broad SMARTS) is 1. The van der Waals surface area contributed by atoms with Crippen LogP contribution in [-0.4, -0.2) is 21.8 Å². The van der Waals surface area contributed by atoms with Crippen molar-refractivity contribution in [2.24, 2.45) is 0 Å². The van der Waals surface area contributed by atoms with Crippen molar-refractivity contribution >= 4 is 11.8 Å². The van der Waals surface area contributed by atoms with Gasteiger partial charge in [0.25, 0.3) is 0 Å². The summed E-state index contributed by atoms with van der Waals surface area (Å²) in [6.07, 6.45) is 4.77. The van der Waals surface area contributed by atoms with Crippen LogP contribution in [-0.2, 0) is 4.79 Å². The van der Waals surface area contributed by atoms with Crippen LogP contribution in [0.4, 0.5) is 0 Å². The highest BCUT2D eigenvalue weighted by atomic mass is 16.4. The standard InChI is InChI=1S/C12H13NO3/c14-11-4-2-1-3-9(11)10-6-5-8(7-13-10)12(15)16/h5-7,9H,1-4H2,(H,15,16)/t9-/m1/s1. The third-order valence-electron chi connectivity index (χ3n) is 2.94. The number of carbonyl (C=O) groups excluding carboxylic acids is 1. The first-order valence-electron chi connectivity index (χ1n) is 5.40. The number of nitrogens with zero attached hydrogens (tertiary/aromatic N) is 1. The zero-order valence-corrected chi connectivity index (χ0v) is 8.85. The van der Waals surface area contributed by atoms with Crippen molar-refractivity contribution in [3.05, 3.63) is 29.6 Å². The molecule has 0 bridgehead atoms. The minimum atomic E-state index is -0.992. The summed E-state index contributed by atoms with van der Waals surface area (Å²) in [6.45, 7) is 0. The van der Waals surface area contributed by atoms with Crippen LogP contribution in [0.15, 0.2) is 18.3 Å². The number of rotatable bonds is 2. The normalized spacial score (nSPS) is 20.8. The maximum Gasteiger partial charge on any atom is 0.337 e. The van der Waals surface area contributed by atoms with Crippen molar-refractivity contribution in [1.29, 1.82) is 0 Å². The van der Waals surface area contributed by atoms with Gasteiger partial charge in [-0.15, -0.1) is 0 Å². The van der Waals surface area contributed by atoms with E-state index >= 15 is 0 Å². The second-order valence-electron chi connectivity index (χ2n) is 4.04. The molecule has 1 saturated carbocycles. The molecule has 1 atom stereocenters. The number of hydrogen-bond donors (Lipinski definition) is 1. The zero-order chi connectivity index (χ0) is 11.5. The van der Waals surface area contributed by atoms with E-state index < -0.39 is 5.97 Å². The van der Waals surface area contributed by atoms with Gasteiger partial charge in [-0.2, -0.15) is 0 Å². The molecule has 84 valence electrons. The van der Waals surface area contributed by atoms with Gasteiger partial charge >= 0.3 is 5.97 Å². The molecule has 1 aliphatic carbocycles. The first-order valence-corrected chi connectivity index (χ1v) is 5.40. The predicted octanol–water partition coefficient (Wildman–Crippen LogP) is 2.01.